The van der Waals surface area contributed by atoms with Crippen LogP contribution in [0.3, 0.4) is 0 Å². The predicted molar refractivity (Wildman–Crippen MR) is 54.8 cm³/mol. The highest BCUT2D eigenvalue weighted by Gasteiger charge is 2.14. The summed E-state index contributed by atoms with van der Waals surface area (Å²) in [6.07, 6.45) is 1.79. The molecule has 0 amide bonds. The molecule has 0 unspecified atom stereocenters. The van der Waals surface area contributed by atoms with E-state index in [-0.39, 0.29) is 5.54 Å². The van der Waals surface area contributed by atoms with Crippen molar-refractivity contribution in [2.24, 2.45) is 7.05 Å². The monoisotopic (exact) mass is 182 g/mol. The molecule has 0 aliphatic carbocycles. The quantitative estimate of drug-likeness (QED) is 0.724. The van der Waals surface area contributed by atoms with Crippen LogP contribution in [0.15, 0.2) is 12.3 Å². The summed E-state index contributed by atoms with van der Waals surface area (Å²) in [5.74, 6) is 1.04. The topological polar surface area (TPSA) is 41.9 Å². The first-order valence-corrected chi connectivity index (χ1v) is 4.46. The van der Waals surface area contributed by atoms with Crippen LogP contribution in [0.1, 0.15) is 13.8 Å². The van der Waals surface area contributed by atoms with E-state index in [1.807, 2.05) is 24.8 Å². The maximum absolute atomic E-state index is 4.08. The van der Waals surface area contributed by atoms with Crippen molar-refractivity contribution in [1.82, 2.24) is 15.1 Å². The summed E-state index contributed by atoms with van der Waals surface area (Å²) in [6.45, 7) is 5.18. The molecular weight excluding hydrogens is 164 g/mol. The molecule has 1 heterocycles. The lowest BCUT2D eigenvalue weighted by atomic mass is 10.1. The van der Waals surface area contributed by atoms with Crippen molar-refractivity contribution in [3.8, 4) is 0 Å². The fourth-order valence-corrected chi connectivity index (χ4v) is 0.947. The van der Waals surface area contributed by atoms with E-state index in [0.717, 1.165) is 12.4 Å². The van der Waals surface area contributed by atoms with Crippen molar-refractivity contribution in [2.45, 2.75) is 19.4 Å². The molecule has 0 bridgehead atoms. The number of aryl methyl sites for hydroxylation is 1. The van der Waals surface area contributed by atoms with Gasteiger partial charge in [-0.1, -0.05) is 0 Å². The van der Waals surface area contributed by atoms with E-state index in [1.165, 1.54) is 0 Å². The van der Waals surface area contributed by atoms with Gasteiger partial charge in [-0.05, 0) is 20.9 Å². The average Bonchev–Trinajstić information content (AvgIpc) is 2.48. The third kappa shape index (κ3) is 2.73. The first kappa shape index (κ1) is 10.1. The van der Waals surface area contributed by atoms with Gasteiger partial charge in [-0.2, -0.15) is 5.10 Å². The van der Waals surface area contributed by atoms with Crippen molar-refractivity contribution in [3.05, 3.63) is 12.3 Å². The minimum absolute atomic E-state index is 0.101. The van der Waals surface area contributed by atoms with E-state index < -0.39 is 0 Å². The van der Waals surface area contributed by atoms with Crippen LogP contribution in [-0.4, -0.2) is 28.9 Å². The Morgan fingerprint density at radius 1 is 1.54 bits per heavy atom. The van der Waals surface area contributed by atoms with E-state index in [1.54, 1.807) is 6.20 Å². The number of nitrogens with zero attached hydrogens (tertiary/aromatic N) is 2. The first-order chi connectivity index (χ1) is 6.05. The predicted octanol–water partition coefficient (Wildman–Crippen LogP) is 0.830. The number of rotatable bonds is 4. The summed E-state index contributed by atoms with van der Waals surface area (Å²) in [6, 6.07) is 1.96. The molecule has 0 aliphatic heterocycles. The molecule has 0 atom stereocenters. The second-order valence-electron chi connectivity index (χ2n) is 3.83. The SMILES string of the molecule is CNC(C)(C)CNc1ccnn1C. The van der Waals surface area contributed by atoms with Crippen LogP contribution in [0.25, 0.3) is 0 Å². The lowest BCUT2D eigenvalue weighted by Gasteiger charge is -2.24. The number of nitrogens with one attached hydrogen (secondary N) is 2. The largest absolute Gasteiger partial charge is 0.368 e. The molecule has 0 spiro atoms. The zero-order valence-corrected chi connectivity index (χ0v) is 8.76. The van der Waals surface area contributed by atoms with Crippen molar-refractivity contribution in [2.75, 3.05) is 18.9 Å². The molecule has 0 fully saturated rings. The van der Waals surface area contributed by atoms with Gasteiger partial charge >= 0.3 is 0 Å². The van der Waals surface area contributed by atoms with Crippen LogP contribution >= 0.6 is 0 Å². The number of aromatic nitrogens is 2. The second-order valence-corrected chi connectivity index (χ2v) is 3.83. The second kappa shape index (κ2) is 3.79. The lowest BCUT2D eigenvalue weighted by molar-refractivity contribution is 0.447. The zero-order valence-electron chi connectivity index (χ0n) is 8.76. The average molecular weight is 182 g/mol. The summed E-state index contributed by atoms with van der Waals surface area (Å²) < 4.78 is 1.83. The van der Waals surface area contributed by atoms with Gasteiger partial charge in [0.15, 0.2) is 0 Å². The molecule has 1 aromatic rings. The van der Waals surface area contributed by atoms with Gasteiger partial charge in [-0.25, -0.2) is 0 Å². The zero-order chi connectivity index (χ0) is 9.90. The van der Waals surface area contributed by atoms with Crippen LogP contribution in [0.5, 0.6) is 0 Å². The van der Waals surface area contributed by atoms with Crippen molar-refractivity contribution in [1.29, 1.82) is 0 Å². The van der Waals surface area contributed by atoms with Gasteiger partial charge in [0.25, 0.3) is 0 Å². The van der Waals surface area contributed by atoms with Crippen LogP contribution in [0, 0.1) is 0 Å². The van der Waals surface area contributed by atoms with Gasteiger partial charge in [-0.3, -0.25) is 4.68 Å². The standard InChI is InChI=1S/C9H18N4/c1-9(2,10-3)7-11-8-5-6-12-13(8)4/h5-6,10-11H,7H2,1-4H3. The minimum Gasteiger partial charge on any atom is -0.368 e. The molecule has 0 saturated carbocycles. The highest BCUT2D eigenvalue weighted by atomic mass is 15.3. The molecule has 1 aromatic heterocycles. The van der Waals surface area contributed by atoms with E-state index in [4.69, 9.17) is 0 Å². The Labute approximate surface area is 79.3 Å². The molecule has 0 aromatic carbocycles. The van der Waals surface area contributed by atoms with Crippen molar-refractivity contribution in [3.63, 3.8) is 0 Å². The number of likely N-dealkylation sites (N-methyl/N-ethyl adjacent to an activating group) is 1. The summed E-state index contributed by atoms with van der Waals surface area (Å²) in [5.41, 5.74) is 0.101. The smallest absolute Gasteiger partial charge is 0.123 e. The Bertz CT molecular complexity index is 264. The highest BCUT2D eigenvalue weighted by Crippen LogP contribution is 2.06. The number of hydrogen-bond acceptors (Lipinski definition) is 3. The van der Waals surface area contributed by atoms with E-state index in [0.29, 0.717) is 0 Å². The Balaban J connectivity index is 2.48. The molecule has 13 heavy (non-hydrogen) atoms. The van der Waals surface area contributed by atoms with Crippen molar-refractivity contribution >= 4 is 5.82 Å². The normalized spacial score (nSPS) is 11.7. The van der Waals surface area contributed by atoms with Crippen LogP contribution in [0.2, 0.25) is 0 Å². The van der Waals surface area contributed by atoms with Gasteiger partial charge in [0, 0.05) is 25.2 Å². The number of anilines is 1. The van der Waals surface area contributed by atoms with Gasteiger partial charge < -0.3 is 10.6 Å². The Kier molecular flexibility index (Phi) is 2.93. The fourth-order valence-electron chi connectivity index (χ4n) is 0.947. The third-order valence-corrected chi connectivity index (χ3v) is 2.21. The van der Waals surface area contributed by atoms with E-state index in [2.05, 4.69) is 29.6 Å². The first-order valence-electron chi connectivity index (χ1n) is 4.46. The third-order valence-electron chi connectivity index (χ3n) is 2.21. The molecule has 1 rings (SSSR count). The fraction of sp³-hybridized carbons (Fsp3) is 0.667. The Morgan fingerprint density at radius 2 is 2.23 bits per heavy atom. The number of hydrogen-bond donors (Lipinski definition) is 2. The lowest BCUT2D eigenvalue weighted by Crippen LogP contribution is -2.43. The van der Waals surface area contributed by atoms with Gasteiger partial charge in [-0.15, -0.1) is 0 Å². The molecule has 4 heteroatoms. The van der Waals surface area contributed by atoms with Crippen LogP contribution in [-0.2, 0) is 7.05 Å². The molecule has 4 nitrogen and oxygen atoms in total. The van der Waals surface area contributed by atoms with Gasteiger partial charge in [0.05, 0.1) is 6.20 Å². The molecule has 0 radical (unpaired) electrons. The van der Waals surface area contributed by atoms with Crippen LogP contribution in [0.4, 0.5) is 5.82 Å². The van der Waals surface area contributed by atoms with Gasteiger partial charge in [0.2, 0.25) is 0 Å². The summed E-state index contributed by atoms with van der Waals surface area (Å²) in [7, 11) is 3.89. The molecule has 74 valence electrons. The summed E-state index contributed by atoms with van der Waals surface area (Å²) in [4.78, 5) is 0. The molecular formula is C9H18N4. The Morgan fingerprint density at radius 3 is 2.69 bits per heavy atom. The Hall–Kier alpha value is -1.03. The maximum Gasteiger partial charge on any atom is 0.123 e. The highest BCUT2D eigenvalue weighted by molar-refractivity contribution is 5.33. The molecule has 0 saturated heterocycles. The maximum atomic E-state index is 4.08. The summed E-state index contributed by atoms with van der Waals surface area (Å²) in [5, 5.41) is 10.6. The summed E-state index contributed by atoms with van der Waals surface area (Å²) >= 11 is 0. The van der Waals surface area contributed by atoms with Crippen LogP contribution < -0.4 is 10.6 Å². The van der Waals surface area contributed by atoms with Gasteiger partial charge in [0.1, 0.15) is 5.82 Å². The van der Waals surface area contributed by atoms with Crippen molar-refractivity contribution < 1.29 is 0 Å². The molecule has 2 N–H and O–H groups in total. The molecule has 0 aliphatic rings. The van der Waals surface area contributed by atoms with E-state index >= 15 is 0 Å². The minimum atomic E-state index is 0.101. The van der Waals surface area contributed by atoms with E-state index in [9.17, 15) is 0 Å².